The van der Waals surface area contributed by atoms with E-state index in [-0.39, 0.29) is 5.75 Å². The van der Waals surface area contributed by atoms with E-state index in [1.807, 2.05) is 18.2 Å². The van der Waals surface area contributed by atoms with E-state index in [0.29, 0.717) is 18.8 Å². The average Bonchev–Trinajstić information content (AvgIpc) is 2.36. The van der Waals surface area contributed by atoms with Crippen molar-refractivity contribution in [1.29, 1.82) is 0 Å². The van der Waals surface area contributed by atoms with Gasteiger partial charge < -0.3 is 0 Å². The molecule has 1 aromatic carbocycles. The van der Waals surface area contributed by atoms with Crippen molar-refractivity contribution in [3.8, 4) is 0 Å². The van der Waals surface area contributed by atoms with Gasteiger partial charge in [-0.3, -0.25) is 0 Å². The molecule has 0 aliphatic rings. The van der Waals surface area contributed by atoms with Crippen molar-refractivity contribution in [3.63, 3.8) is 0 Å². The van der Waals surface area contributed by atoms with Crippen LogP contribution in [0.3, 0.4) is 0 Å². The van der Waals surface area contributed by atoms with Gasteiger partial charge in [0, 0.05) is 12.4 Å². The van der Waals surface area contributed by atoms with Crippen LogP contribution in [0.2, 0.25) is 0 Å². The van der Waals surface area contributed by atoms with Gasteiger partial charge in [-0.2, -0.15) is 0 Å². The molecule has 0 unspecified atom stereocenters. The smallest absolute Gasteiger partial charge is 0.211 e. The van der Waals surface area contributed by atoms with E-state index < -0.39 is 10.0 Å². The van der Waals surface area contributed by atoms with E-state index >= 15 is 0 Å². The van der Waals surface area contributed by atoms with E-state index in [1.54, 1.807) is 0 Å². The summed E-state index contributed by atoms with van der Waals surface area (Å²) in [7, 11) is -3.12. The van der Waals surface area contributed by atoms with Gasteiger partial charge in [-0.25, -0.2) is 13.1 Å². The topological polar surface area (TPSA) is 46.2 Å². The summed E-state index contributed by atoms with van der Waals surface area (Å²) in [4.78, 5) is 0. The van der Waals surface area contributed by atoms with Crippen molar-refractivity contribution < 1.29 is 8.42 Å². The van der Waals surface area contributed by atoms with Crippen LogP contribution >= 0.6 is 11.6 Å². The summed E-state index contributed by atoms with van der Waals surface area (Å²) in [6.45, 7) is 0.498. The Balaban J connectivity index is 2.17. The summed E-state index contributed by atoms with van der Waals surface area (Å²) >= 11 is 5.51. The molecule has 3 nitrogen and oxygen atoms in total. The minimum Gasteiger partial charge on any atom is -0.215 e. The highest BCUT2D eigenvalue weighted by Crippen LogP contribution is 2.02. The maximum atomic E-state index is 11.6. The largest absolute Gasteiger partial charge is 0.215 e. The van der Waals surface area contributed by atoms with Crippen LogP contribution < -0.4 is 4.72 Å². The Morgan fingerprint density at radius 1 is 1.06 bits per heavy atom. The summed E-state index contributed by atoms with van der Waals surface area (Å²) < 4.78 is 25.7. The average molecular weight is 290 g/mol. The zero-order valence-electron chi connectivity index (χ0n) is 10.4. The Hall–Kier alpha value is -0.580. The molecule has 0 fully saturated rings. The van der Waals surface area contributed by atoms with Gasteiger partial charge in [-0.15, -0.1) is 11.6 Å². The van der Waals surface area contributed by atoms with E-state index in [4.69, 9.17) is 11.6 Å². The number of hydrogen-bond donors (Lipinski definition) is 1. The highest BCUT2D eigenvalue weighted by atomic mass is 35.5. The lowest BCUT2D eigenvalue weighted by atomic mass is 10.1. The third kappa shape index (κ3) is 6.99. The summed E-state index contributed by atoms with van der Waals surface area (Å²) in [5.41, 5.74) is 1.24. The van der Waals surface area contributed by atoms with Crippen molar-refractivity contribution in [3.05, 3.63) is 35.9 Å². The maximum Gasteiger partial charge on any atom is 0.211 e. The lowest BCUT2D eigenvalue weighted by molar-refractivity contribution is 0.576. The zero-order valence-corrected chi connectivity index (χ0v) is 12.0. The van der Waals surface area contributed by atoms with Crippen LogP contribution in [0.1, 0.15) is 24.8 Å². The van der Waals surface area contributed by atoms with Crippen molar-refractivity contribution >= 4 is 21.6 Å². The van der Waals surface area contributed by atoms with Crippen LogP contribution in [-0.2, 0) is 16.4 Å². The fourth-order valence-electron chi connectivity index (χ4n) is 1.62. The Morgan fingerprint density at radius 2 is 1.78 bits per heavy atom. The molecule has 0 bridgehead atoms. The molecule has 0 saturated carbocycles. The SMILES string of the molecule is O=S(=O)(CCCCCl)NCCCc1ccccc1. The first-order valence-electron chi connectivity index (χ1n) is 6.21. The molecular formula is C13H20ClNO2S. The first-order chi connectivity index (χ1) is 8.64. The number of alkyl halides is 1. The quantitative estimate of drug-likeness (QED) is 0.561. The van der Waals surface area contributed by atoms with Crippen LogP contribution in [0.5, 0.6) is 0 Å². The van der Waals surface area contributed by atoms with Crippen molar-refractivity contribution in [1.82, 2.24) is 4.72 Å². The minimum absolute atomic E-state index is 0.172. The summed E-state index contributed by atoms with van der Waals surface area (Å²) in [5, 5.41) is 0. The molecule has 1 rings (SSSR count). The predicted octanol–water partition coefficient (Wildman–Crippen LogP) is 2.56. The Labute approximate surface area is 115 Å². The molecule has 102 valence electrons. The van der Waals surface area contributed by atoms with Crippen LogP contribution in [0.15, 0.2) is 30.3 Å². The van der Waals surface area contributed by atoms with Crippen molar-refractivity contribution in [2.75, 3.05) is 18.2 Å². The molecule has 0 aliphatic heterocycles. The number of unbranched alkanes of at least 4 members (excludes halogenated alkanes) is 1. The fraction of sp³-hybridized carbons (Fsp3) is 0.538. The molecule has 0 radical (unpaired) electrons. The summed E-state index contributed by atoms with van der Waals surface area (Å²) in [5.74, 6) is 0.689. The lowest BCUT2D eigenvalue weighted by Gasteiger charge is -2.06. The lowest BCUT2D eigenvalue weighted by Crippen LogP contribution is -2.27. The first kappa shape index (κ1) is 15.5. The molecule has 0 atom stereocenters. The molecular weight excluding hydrogens is 270 g/mol. The van der Waals surface area contributed by atoms with Crippen molar-refractivity contribution in [2.24, 2.45) is 0 Å². The molecule has 0 spiro atoms. The van der Waals surface area contributed by atoms with E-state index in [2.05, 4.69) is 16.9 Å². The van der Waals surface area contributed by atoms with Gasteiger partial charge >= 0.3 is 0 Å². The van der Waals surface area contributed by atoms with E-state index in [1.165, 1.54) is 5.56 Å². The van der Waals surface area contributed by atoms with Gasteiger partial charge in [0.05, 0.1) is 5.75 Å². The number of nitrogens with one attached hydrogen (secondary N) is 1. The van der Waals surface area contributed by atoms with Gasteiger partial charge in [0.15, 0.2) is 0 Å². The normalized spacial score (nSPS) is 11.6. The van der Waals surface area contributed by atoms with E-state index in [0.717, 1.165) is 19.3 Å². The molecule has 18 heavy (non-hydrogen) atoms. The van der Waals surface area contributed by atoms with Crippen LogP contribution in [0.25, 0.3) is 0 Å². The van der Waals surface area contributed by atoms with Crippen LogP contribution in [-0.4, -0.2) is 26.6 Å². The van der Waals surface area contributed by atoms with Gasteiger partial charge in [-0.1, -0.05) is 30.3 Å². The second-order valence-electron chi connectivity index (χ2n) is 4.20. The number of sulfonamides is 1. The predicted molar refractivity (Wildman–Crippen MR) is 76.5 cm³/mol. The fourth-order valence-corrected chi connectivity index (χ4v) is 3.00. The molecule has 0 heterocycles. The van der Waals surface area contributed by atoms with Crippen molar-refractivity contribution in [2.45, 2.75) is 25.7 Å². The number of rotatable bonds is 9. The van der Waals surface area contributed by atoms with Gasteiger partial charge in [-0.05, 0) is 31.2 Å². The minimum atomic E-state index is -3.12. The highest BCUT2D eigenvalue weighted by molar-refractivity contribution is 7.89. The van der Waals surface area contributed by atoms with Crippen LogP contribution in [0, 0.1) is 0 Å². The second-order valence-corrected chi connectivity index (χ2v) is 6.50. The third-order valence-corrected chi connectivity index (χ3v) is 4.34. The number of benzene rings is 1. The molecule has 0 saturated heterocycles. The standard InChI is InChI=1S/C13H20ClNO2S/c14-10-4-5-12-18(16,17)15-11-6-9-13-7-2-1-3-8-13/h1-3,7-8,15H,4-6,9-12H2. The Morgan fingerprint density at radius 3 is 2.44 bits per heavy atom. The first-order valence-corrected chi connectivity index (χ1v) is 8.40. The van der Waals surface area contributed by atoms with Crippen LogP contribution in [0.4, 0.5) is 0 Å². The summed E-state index contributed by atoms with van der Waals surface area (Å²) in [6, 6.07) is 10.1. The van der Waals surface area contributed by atoms with Gasteiger partial charge in [0.25, 0.3) is 0 Å². The highest BCUT2D eigenvalue weighted by Gasteiger charge is 2.08. The number of aryl methyl sites for hydroxylation is 1. The molecule has 5 heteroatoms. The molecule has 1 N–H and O–H groups in total. The van der Waals surface area contributed by atoms with E-state index in [9.17, 15) is 8.42 Å². The van der Waals surface area contributed by atoms with Gasteiger partial charge in [0.2, 0.25) is 10.0 Å². The second kappa shape index (κ2) is 8.51. The molecule has 0 aliphatic carbocycles. The molecule has 1 aromatic rings. The maximum absolute atomic E-state index is 11.6. The third-order valence-electron chi connectivity index (χ3n) is 2.60. The molecule has 0 aromatic heterocycles. The zero-order chi connectivity index (χ0) is 13.3. The summed E-state index contributed by atoms with van der Waals surface area (Å²) in [6.07, 6.45) is 3.08. The monoisotopic (exact) mass is 289 g/mol. The van der Waals surface area contributed by atoms with Gasteiger partial charge in [0.1, 0.15) is 0 Å². The Bertz CT molecular complexity index is 420. The number of hydrogen-bond acceptors (Lipinski definition) is 2. The molecule has 0 amide bonds. The number of halogens is 1. The Kier molecular flexibility index (Phi) is 7.32.